The molecule has 2 heterocycles. The van der Waals surface area contributed by atoms with Crippen LogP contribution in [0.1, 0.15) is 53.5 Å². The molecule has 1 aliphatic heterocycles. The second-order valence-electron chi connectivity index (χ2n) is 7.21. The highest BCUT2D eigenvalue weighted by Crippen LogP contribution is 2.24. The Labute approximate surface area is 132 Å². The topological polar surface area (TPSA) is 59.4 Å². The minimum absolute atomic E-state index is 0.214. The van der Waals surface area contributed by atoms with Gasteiger partial charge in [0, 0.05) is 25.3 Å². The Morgan fingerprint density at radius 3 is 2.55 bits per heavy atom. The predicted octanol–water partition coefficient (Wildman–Crippen LogP) is 3.28. The van der Waals surface area contributed by atoms with E-state index in [0.717, 1.165) is 18.5 Å². The van der Waals surface area contributed by atoms with Crippen molar-refractivity contribution in [1.29, 1.82) is 0 Å². The maximum Gasteiger partial charge on any atom is 0.410 e. The second kappa shape index (κ2) is 6.58. The third-order valence-corrected chi connectivity index (χ3v) is 3.55. The molecule has 0 aliphatic carbocycles. The zero-order valence-electron chi connectivity index (χ0n) is 14.3. The van der Waals surface area contributed by atoms with Gasteiger partial charge >= 0.3 is 6.09 Å². The molecule has 6 heteroatoms. The highest BCUT2D eigenvalue weighted by Gasteiger charge is 2.27. The molecule has 124 valence electrons. The summed E-state index contributed by atoms with van der Waals surface area (Å²) in [5, 5.41) is 7.79. The van der Waals surface area contributed by atoms with Crippen molar-refractivity contribution in [2.75, 3.05) is 18.4 Å². The lowest BCUT2D eigenvalue weighted by Crippen LogP contribution is -2.42. The van der Waals surface area contributed by atoms with Crippen LogP contribution in [0.5, 0.6) is 0 Å². The van der Waals surface area contributed by atoms with Crippen LogP contribution in [-0.2, 0) is 4.74 Å². The van der Waals surface area contributed by atoms with E-state index in [-0.39, 0.29) is 6.09 Å². The lowest BCUT2D eigenvalue weighted by atomic mass is 10.1. The van der Waals surface area contributed by atoms with Crippen molar-refractivity contribution in [2.45, 2.75) is 65.1 Å². The molecule has 0 aromatic carbocycles. The lowest BCUT2D eigenvalue weighted by Gasteiger charge is -2.33. The first-order valence-electron chi connectivity index (χ1n) is 8.03. The van der Waals surface area contributed by atoms with E-state index in [9.17, 15) is 4.79 Å². The molecular weight excluding hydrogens is 280 g/mol. The molecule has 0 saturated carbocycles. The van der Waals surface area contributed by atoms with E-state index >= 15 is 0 Å². The van der Waals surface area contributed by atoms with Gasteiger partial charge in [-0.15, -0.1) is 0 Å². The van der Waals surface area contributed by atoms with Crippen LogP contribution in [0.15, 0.2) is 12.4 Å². The fourth-order valence-corrected chi connectivity index (χ4v) is 2.59. The van der Waals surface area contributed by atoms with Crippen LogP contribution in [0.2, 0.25) is 0 Å². The molecule has 1 aromatic heterocycles. The van der Waals surface area contributed by atoms with Crippen molar-refractivity contribution in [3.63, 3.8) is 0 Å². The van der Waals surface area contributed by atoms with Gasteiger partial charge in [-0.1, -0.05) is 0 Å². The molecule has 2 rings (SSSR count). The van der Waals surface area contributed by atoms with Gasteiger partial charge in [-0.3, -0.25) is 4.68 Å². The molecule has 1 aliphatic rings. The Hall–Kier alpha value is -1.72. The number of hydrogen-bond acceptors (Lipinski definition) is 4. The van der Waals surface area contributed by atoms with Gasteiger partial charge in [-0.05, 0) is 47.5 Å². The van der Waals surface area contributed by atoms with E-state index in [0.29, 0.717) is 25.2 Å². The van der Waals surface area contributed by atoms with Gasteiger partial charge in [0.25, 0.3) is 0 Å². The first-order chi connectivity index (χ1) is 10.2. The monoisotopic (exact) mass is 308 g/mol. The van der Waals surface area contributed by atoms with Crippen molar-refractivity contribution in [1.82, 2.24) is 14.7 Å². The Morgan fingerprint density at radius 1 is 1.36 bits per heavy atom. The average molecular weight is 308 g/mol. The van der Waals surface area contributed by atoms with Crippen molar-refractivity contribution in [2.24, 2.45) is 0 Å². The molecule has 1 fully saturated rings. The molecule has 1 saturated heterocycles. The molecule has 1 amide bonds. The maximum absolute atomic E-state index is 12.1. The second-order valence-corrected chi connectivity index (χ2v) is 7.21. The third-order valence-electron chi connectivity index (χ3n) is 3.55. The van der Waals surface area contributed by atoms with Gasteiger partial charge in [0.1, 0.15) is 5.60 Å². The highest BCUT2D eigenvalue weighted by molar-refractivity contribution is 5.68. The summed E-state index contributed by atoms with van der Waals surface area (Å²) in [6.07, 6.45) is 5.51. The number of carbonyl (C=O) groups is 1. The molecule has 0 radical (unpaired) electrons. The number of carbonyl (C=O) groups excluding carboxylic acids is 1. The van der Waals surface area contributed by atoms with Crippen molar-refractivity contribution in [3.05, 3.63) is 12.4 Å². The van der Waals surface area contributed by atoms with E-state index in [1.165, 1.54) is 0 Å². The van der Waals surface area contributed by atoms with Gasteiger partial charge in [0.15, 0.2) is 0 Å². The fraction of sp³-hybridized carbons (Fsp3) is 0.750. The standard InChI is InChI=1S/C16H28N4O2/c1-12(2)18-13-10-17-20(11-13)14-6-8-19(9-7-14)15(21)22-16(3,4)5/h10-12,14,18H,6-9H2,1-5H3. The lowest BCUT2D eigenvalue weighted by molar-refractivity contribution is 0.0185. The van der Waals surface area contributed by atoms with Crippen molar-refractivity contribution in [3.8, 4) is 0 Å². The zero-order valence-corrected chi connectivity index (χ0v) is 14.3. The molecule has 0 bridgehead atoms. The van der Waals surface area contributed by atoms with Gasteiger partial charge in [-0.25, -0.2) is 4.79 Å². The smallest absolute Gasteiger partial charge is 0.410 e. The number of ether oxygens (including phenoxy) is 1. The number of likely N-dealkylation sites (tertiary alicyclic amines) is 1. The number of aromatic nitrogens is 2. The average Bonchev–Trinajstić information content (AvgIpc) is 2.84. The molecule has 1 aromatic rings. The number of rotatable bonds is 3. The van der Waals surface area contributed by atoms with Crippen molar-refractivity contribution >= 4 is 11.8 Å². The van der Waals surface area contributed by atoms with Crippen LogP contribution >= 0.6 is 0 Å². The van der Waals surface area contributed by atoms with E-state index in [4.69, 9.17) is 4.74 Å². The Bertz CT molecular complexity index is 496. The number of piperidine rings is 1. The van der Waals surface area contributed by atoms with Gasteiger partial charge < -0.3 is 15.0 Å². The van der Waals surface area contributed by atoms with Crippen LogP contribution in [0.25, 0.3) is 0 Å². The molecule has 6 nitrogen and oxygen atoms in total. The number of hydrogen-bond donors (Lipinski definition) is 1. The summed E-state index contributed by atoms with van der Waals surface area (Å²) < 4.78 is 7.43. The Balaban J connectivity index is 1.86. The van der Waals surface area contributed by atoms with Crippen LogP contribution in [0, 0.1) is 0 Å². The molecule has 0 unspecified atom stereocenters. The predicted molar refractivity (Wildman–Crippen MR) is 87.1 cm³/mol. The Morgan fingerprint density at radius 2 is 2.00 bits per heavy atom. The number of nitrogens with zero attached hydrogens (tertiary/aromatic N) is 3. The van der Waals surface area contributed by atoms with Gasteiger partial charge in [0.2, 0.25) is 0 Å². The van der Waals surface area contributed by atoms with E-state index in [1.54, 1.807) is 4.90 Å². The molecule has 1 N–H and O–H groups in total. The number of amides is 1. The summed E-state index contributed by atoms with van der Waals surface area (Å²) in [5.41, 5.74) is 0.609. The minimum atomic E-state index is -0.437. The van der Waals surface area contributed by atoms with Gasteiger partial charge in [0.05, 0.1) is 17.9 Å². The Kier molecular flexibility index (Phi) is 4.98. The molecule has 22 heavy (non-hydrogen) atoms. The van der Waals surface area contributed by atoms with Crippen LogP contribution in [-0.4, -0.2) is 45.5 Å². The van der Waals surface area contributed by atoms with Gasteiger partial charge in [-0.2, -0.15) is 5.10 Å². The van der Waals surface area contributed by atoms with E-state index in [2.05, 4.69) is 24.3 Å². The first-order valence-corrected chi connectivity index (χ1v) is 8.03. The van der Waals surface area contributed by atoms with E-state index in [1.807, 2.05) is 37.8 Å². The first kappa shape index (κ1) is 16.6. The molecule has 0 atom stereocenters. The zero-order chi connectivity index (χ0) is 16.3. The summed E-state index contributed by atoms with van der Waals surface area (Å²) in [6, 6.07) is 0.744. The third kappa shape index (κ3) is 4.64. The SMILES string of the molecule is CC(C)Nc1cnn(C2CCN(C(=O)OC(C)(C)C)CC2)c1. The summed E-state index contributed by atoms with van der Waals surface area (Å²) in [5.74, 6) is 0. The summed E-state index contributed by atoms with van der Waals surface area (Å²) in [4.78, 5) is 13.8. The van der Waals surface area contributed by atoms with Crippen molar-refractivity contribution < 1.29 is 9.53 Å². The summed E-state index contributed by atoms with van der Waals surface area (Å²) in [6.45, 7) is 11.3. The molecular formula is C16H28N4O2. The number of nitrogens with one attached hydrogen (secondary N) is 1. The molecule has 0 spiro atoms. The summed E-state index contributed by atoms with van der Waals surface area (Å²) >= 11 is 0. The quantitative estimate of drug-likeness (QED) is 0.931. The maximum atomic E-state index is 12.1. The fourth-order valence-electron chi connectivity index (χ4n) is 2.59. The number of anilines is 1. The van der Waals surface area contributed by atoms with Crippen LogP contribution in [0.4, 0.5) is 10.5 Å². The van der Waals surface area contributed by atoms with E-state index < -0.39 is 5.60 Å². The normalized spacial score (nSPS) is 16.9. The largest absolute Gasteiger partial charge is 0.444 e. The van der Waals surface area contributed by atoms with Crippen LogP contribution in [0.3, 0.4) is 0 Å². The highest BCUT2D eigenvalue weighted by atomic mass is 16.6. The summed E-state index contributed by atoms with van der Waals surface area (Å²) in [7, 11) is 0. The van der Waals surface area contributed by atoms with Crippen LogP contribution < -0.4 is 5.32 Å². The minimum Gasteiger partial charge on any atom is -0.444 e.